The number of hydrogen-bond donors (Lipinski definition) is 1. The number of nitrogens with zero attached hydrogens (tertiary/aromatic N) is 2. The fourth-order valence-electron chi connectivity index (χ4n) is 2.83. The summed E-state index contributed by atoms with van der Waals surface area (Å²) >= 11 is 0. The molecule has 0 amide bonds. The summed E-state index contributed by atoms with van der Waals surface area (Å²) in [6.07, 6.45) is 5.13. The molecule has 7 nitrogen and oxygen atoms in total. The third kappa shape index (κ3) is 3.08. The highest BCUT2D eigenvalue weighted by atomic mass is 16.6. The van der Waals surface area contributed by atoms with Gasteiger partial charge in [0, 0.05) is 12.1 Å². The summed E-state index contributed by atoms with van der Waals surface area (Å²) in [5.41, 5.74) is 1.19. The number of aromatic amines is 1. The number of H-pyrrole nitrogens is 1. The minimum atomic E-state index is -0.455. The lowest BCUT2D eigenvalue weighted by Crippen LogP contribution is -2.20. The van der Waals surface area contributed by atoms with Crippen molar-refractivity contribution in [1.82, 2.24) is 9.97 Å². The largest absolute Gasteiger partial charge is 0.457 e. The quantitative estimate of drug-likeness (QED) is 0.531. The van der Waals surface area contributed by atoms with Crippen LogP contribution in [0.5, 0.6) is 0 Å². The Bertz CT molecular complexity index is 704. The van der Waals surface area contributed by atoms with Crippen molar-refractivity contribution in [1.29, 1.82) is 0 Å². The van der Waals surface area contributed by atoms with E-state index in [2.05, 4.69) is 9.97 Å². The van der Waals surface area contributed by atoms with Gasteiger partial charge in [0.1, 0.15) is 12.4 Å². The van der Waals surface area contributed by atoms with Gasteiger partial charge in [-0.1, -0.05) is 19.3 Å². The van der Waals surface area contributed by atoms with Gasteiger partial charge in [-0.15, -0.1) is 0 Å². The highest BCUT2D eigenvalue weighted by Gasteiger charge is 2.22. The van der Waals surface area contributed by atoms with Crippen LogP contribution in [0, 0.1) is 16.0 Å². The summed E-state index contributed by atoms with van der Waals surface area (Å²) in [4.78, 5) is 29.5. The van der Waals surface area contributed by atoms with E-state index < -0.39 is 4.92 Å². The molecule has 0 unspecified atom stereocenters. The van der Waals surface area contributed by atoms with Crippen molar-refractivity contribution in [3.8, 4) is 0 Å². The number of non-ortho nitro benzene ring substituents is 1. The predicted octanol–water partition coefficient (Wildman–Crippen LogP) is 3.09. The standard InChI is InChI=1S/C15H17N3O4/c19-15(10-4-2-1-3-5-10)22-9-14-16-12-7-6-11(18(20)21)8-13(12)17-14/h6-8,10H,1-5,9H2,(H,16,17). The minimum Gasteiger partial charge on any atom is -0.457 e. The number of nitrogens with one attached hydrogen (secondary N) is 1. The van der Waals surface area contributed by atoms with Gasteiger partial charge in [-0.05, 0) is 18.9 Å². The lowest BCUT2D eigenvalue weighted by atomic mass is 9.89. The highest BCUT2D eigenvalue weighted by Crippen LogP contribution is 2.25. The maximum Gasteiger partial charge on any atom is 0.309 e. The Labute approximate surface area is 126 Å². The molecular formula is C15H17N3O4. The molecule has 1 aromatic heterocycles. The van der Waals surface area contributed by atoms with E-state index in [-0.39, 0.29) is 24.2 Å². The second kappa shape index (κ2) is 6.13. The van der Waals surface area contributed by atoms with Gasteiger partial charge in [-0.2, -0.15) is 0 Å². The number of nitro benzene ring substituents is 1. The number of esters is 1. The van der Waals surface area contributed by atoms with Crippen molar-refractivity contribution in [3.63, 3.8) is 0 Å². The van der Waals surface area contributed by atoms with Gasteiger partial charge < -0.3 is 9.72 Å². The zero-order valence-electron chi connectivity index (χ0n) is 12.1. The van der Waals surface area contributed by atoms with Gasteiger partial charge in [0.15, 0.2) is 0 Å². The maximum absolute atomic E-state index is 12.0. The van der Waals surface area contributed by atoms with E-state index in [0.29, 0.717) is 16.9 Å². The first-order chi connectivity index (χ1) is 10.6. The van der Waals surface area contributed by atoms with E-state index in [1.54, 1.807) is 6.07 Å². The van der Waals surface area contributed by atoms with Crippen molar-refractivity contribution in [2.45, 2.75) is 38.7 Å². The summed E-state index contributed by atoms with van der Waals surface area (Å²) in [6.45, 7) is 0.0673. The molecule has 3 rings (SSSR count). The molecule has 0 bridgehead atoms. The Morgan fingerprint density at radius 3 is 2.86 bits per heavy atom. The number of carbonyl (C=O) groups is 1. The van der Waals surface area contributed by atoms with E-state index >= 15 is 0 Å². The average Bonchev–Trinajstić information content (AvgIpc) is 2.95. The number of fused-ring (bicyclic) bond motifs is 1. The number of nitro groups is 1. The summed E-state index contributed by atoms with van der Waals surface area (Å²) < 4.78 is 5.31. The molecule has 1 N–H and O–H groups in total. The normalized spacial score (nSPS) is 15.8. The summed E-state index contributed by atoms with van der Waals surface area (Å²) in [5.74, 6) is 0.324. The molecule has 0 spiro atoms. The Hall–Kier alpha value is -2.44. The van der Waals surface area contributed by atoms with Crippen LogP contribution in [0.25, 0.3) is 11.0 Å². The molecule has 1 aliphatic rings. The first kappa shape index (κ1) is 14.5. The molecule has 1 heterocycles. The highest BCUT2D eigenvalue weighted by molar-refractivity contribution is 5.78. The van der Waals surface area contributed by atoms with Crippen molar-refractivity contribution in [2.24, 2.45) is 5.92 Å². The van der Waals surface area contributed by atoms with E-state index in [0.717, 1.165) is 25.7 Å². The molecule has 7 heteroatoms. The van der Waals surface area contributed by atoms with Crippen LogP contribution >= 0.6 is 0 Å². The van der Waals surface area contributed by atoms with Crippen molar-refractivity contribution in [2.75, 3.05) is 0 Å². The predicted molar refractivity (Wildman–Crippen MR) is 79.1 cm³/mol. The second-order valence-electron chi connectivity index (χ2n) is 5.58. The summed E-state index contributed by atoms with van der Waals surface area (Å²) in [5, 5.41) is 10.7. The molecule has 0 aliphatic heterocycles. The first-order valence-corrected chi connectivity index (χ1v) is 7.43. The summed E-state index contributed by atoms with van der Waals surface area (Å²) in [6, 6.07) is 4.41. The average molecular weight is 303 g/mol. The third-order valence-electron chi connectivity index (χ3n) is 4.01. The molecule has 0 radical (unpaired) electrons. The van der Waals surface area contributed by atoms with Crippen LogP contribution in [-0.4, -0.2) is 20.9 Å². The Balaban J connectivity index is 1.66. The number of imidazole rings is 1. The lowest BCUT2D eigenvalue weighted by Gasteiger charge is -2.19. The van der Waals surface area contributed by atoms with Crippen LogP contribution in [-0.2, 0) is 16.1 Å². The molecule has 1 saturated carbocycles. The van der Waals surface area contributed by atoms with Crippen molar-refractivity contribution < 1.29 is 14.5 Å². The molecular weight excluding hydrogens is 286 g/mol. The van der Waals surface area contributed by atoms with Crippen LogP contribution in [0.4, 0.5) is 5.69 Å². The first-order valence-electron chi connectivity index (χ1n) is 7.43. The lowest BCUT2D eigenvalue weighted by molar-refractivity contribution is -0.384. The maximum atomic E-state index is 12.0. The number of carbonyl (C=O) groups excluding carboxylic acids is 1. The molecule has 2 aromatic rings. The van der Waals surface area contributed by atoms with E-state index in [1.807, 2.05) is 0 Å². The monoisotopic (exact) mass is 303 g/mol. The van der Waals surface area contributed by atoms with E-state index in [4.69, 9.17) is 4.74 Å². The molecule has 116 valence electrons. The zero-order chi connectivity index (χ0) is 15.5. The van der Waals surface area contributed by atoms with Crippen LogP contribution in [0.15, 0.2) is 18.2 Å². The minimum absolute atomic E-state index is 0.000726. The zero-order valence-corrected chi connectivity index (χ0v) is 12.1. The van der Waals surface area contributed by atoms with Gasteiger partial charge in [-0.25, -0.2) is 4.98 Å². The third-order valence-corrected chi connectivity index (χ3v) is 4.01. The molecule has 1 fully saturated rings. The van der Waals surface area contributed by atoms with Gasteiger partial charge in [-0.3, -0.25) is 14.9 Å². The van der Waals surface area contributed by atoms with Crippen LogP contribution < -0.4 is 0 Å². The number of ether oxygens (including phenoxy) is 1. The van der Waals surface area contributed by atoms with E-state index in [1.165, 1.54) is 18.6 Å². The summed E-state index contributed by atoms with van der Waals surface area (Å²) in [7, 11) is 0. The van der Waals surface area contributed by atoms with Crippen LogP contribution in [0.2, 0.25) is 0 Å². The SMILES string of the molecule is O=C(OCc1nc2ccc([N+](=O)[O-])cc2[nH]1)C1CCCCC1. The van der Waals surface area contributed by atoms with Gasteiger partial charge in [0.2, 0.25) is 0 Å². The van der Waals surface area contributed by atoms with E-state index in [9.17, 15) is 14.9 Å². The fourth-order valence-corrected chi connectivity index (χ4v) is 2.83. The molecule has 1 aliphatic carbocycles. The molecule has 0 atom stereocenters. The molecule has 0 saturated heterocycles. The topological polar surface area (TPSA) is 98.1 Å². The van der Waals surface area contributed by atoms with Crippen LogP contribution in [0.1, 0.15) is 37.9 Å². The number of benzene rings is 1. The van der Waals surface area contributed by atoms with Gasteiger partial charge in [0.25, 0.3) is 5.69 Å². The van der Waals surface area contributed by atoms with Gasteiger partial charge in [0.05, 0.1) is 21.9 Å². The van der Waals surface area contributed by atoms with Crippen molar-refractivity contribution in [3.05, 3.63) is 34.1 Å². The number of hydrogen-bond acceptors (Lipinski definition) is 5. The van der Waals surface area contributed by atoms with Gasteiger partial charge >= 0.3 is 5.97 Å². The van der Waals surface area contributed by atoms with Crippen LogP contribution in [0.3, 0.4) is 0 Å². The molecule has 22 heavy (non-hydrogen) atoms. The number of aromatic nitrogens is 2. The Kier molecular flexibility index (Phi) is 4.04. The number of rotatable bonds is 4. The van der Waals surface area contributed by atoms with Crippen molar-refractivity contribution >= 4 is 22.7 Å². The Morgan fingerprint density at radius 2 is 2.14 bits per heavy atom. The molecule has 1 aromatic carbocycles. The Morgan fingerprint density at radius 1 is 1.36 bits per heavy atom. The fraction of sp³-hybridized carbons (Fsp3) is 0.467. The smallest absolute Gasteiger partial charge is 0.309 e. The second-order valence-corrected chi connectivity index (χ2v) is 5.58.